The van der Waals surface area contributed by atoms with E-state index < -0.39 is 0 Å². The predicted octanol–water partition coefficient (Wildman–Crippen LogP) is 2.54. The summed E-state index contributed by atoms with van der Waals surface area (Å²) in [6.07, 6.45) is 8.01. The molecule has 6 nitrogen and oxygen atoms in total. The molecule has 0 unspecified atom stereocenters. The zero-order chi connectivity index (χ0) is 19.1. The summed E-state index contributed by atoms with van der Waals surface area (Å²) < 4.78 is 5.15. The third-order valence-electron chi connectivity index (χ3n) is 5.92. The monoisotopic (exact) mass is 372 g/mol. The number of carbonyl (C=O) groups is 1. The molecule has 0 aromatic heterocycles. The molecule has 0 atom stereocenters. The van der Waals surface area contributed by atoms with Crippen molar-refractivity contribution in [2.45, 2.75) is 45.1 Å². The number of carbonyl (C=O) groups excluding carboxylic acids is 1. The summed E-state index contributed by atoms with van der Waals surface area (Å²) in [5, 5.41) is 6.18. The maximum Gasteiger partial charge on any atom is 0.239 e. The summed E-state index contributed by atoms with van der Waals surface area (Å²) >= 11 is 0. The number of hydrogen-bond donors (Lipinski definition) is 2. The fraction of sp³-hybridized carbons (Fsp3) is 0.619. The fourth-order valence-corrected chi connectivity index (χ4v) is 4.32. The Bertz CT molecular complexity index is 651. The van der Waals surface area contributed by atoms with Gasteiger partial charge >= 0.3 is 0 Å². The van der Waals surface area contributed by atoms with Gasteiger partial charge < -0.3 is 20.3 Å². The van der Waals surface area contributed by atoms with Crippen LogP contribution >= 0.6 is 0 Å². The van der Waals surface area contributed by atoms with E-state index in [-0.39, 0.29) is 12.5 Å². The van der Waals surface area contributed by atoms with Crippen LogP contribution in [-0.4, -0.2) is 50.6 Å². The Hall–Kier alpha value is -2.24. The van der Waals surface area contributed by atoms with Gasteiger partial charge in [0.05, 0.1) is 13.7 Å². The van der Waals surface area contributed by atoms with Crippen LogP contribution in [-0.2, 0) is 11.3 Å². The van der Waals surface area contributed by atoms with Gasteiger partial charge in [-0.05, 0) is 42.4 Å². The second kappa shape index (κ2) is 9.11. The maximum absolute atomic E-state index is 12.2. The van der Waals surface area contributed by atoms with E-state index in [1.54, 1.807) is 14.2 Å². The largest absolute Gasteiger partial charge is 0.497 e. The first-order valence-corrected chi connectivity index (χ1v) is 9.99. The number of rotatable bonds is 5. The van der Waals surface area contributed by atoms with Crippen LogP contribution in [0.15, 0.2) is 29.3 Å². The first kappa shape index (κ1) is 19.5. The summed E-state index contributed by atoms with van der Waals surface area (Å²) in [6.45, 7) is 2.86. The molecule has 1 saturated heterocycles. The van der Waals surface area contributed by atoms with E-state index in [0.29, 0.717) is 12.0 Å². The number of likely N-dealkylation sites (tertiary alicyclic amines) is 1. The van der Waals surface area contributed by atoms with Gasteiger partial charge in [-0.1, -0.05) is 31.4 Å². The van der Waals surface area contributed by atoms with E-state index in [2.05, 4.69) is 20.5 Å². The standard InChI is InChI=1S/C21H32N4O2/c1-22-20(25-13-12-21(16-25)10-4-3-5-11-21)24-15-19(26)23-14-17-6-8-18(27-2)9-7-17/h6-9H,3-5,10-16H2,1-2H3,(H,22,24)(H,23,26). The highest BCUT2D eigenvalue weighted by Crippen LogP contribution is 2.43. The van der Waals surface area contributed by atoms with E-state index >= 15 is 0 Å². The molecule has 1 aliphatic heterocycles. The first-order chi connectivity index (χ1) is 13.1. The molecule has 0 bridgehead atoms. The Kier molecular flexibility index (Phi) is 6.58. The summed E-state index contributed by atoms with van der Waals surface area (Å²) in [4.78, 5) is 18.9. The molecule has 1 aromatic rings. The van der Waals surface area contributed by atoms with Crippen molar-refractivity contribution in [1.82, 2.24) is 15.5 Å². The number of guanidine groups is 1. The molecule has 2 aliphatic rings. The highest BCUT2D eigenvalue weighted by molar-refractivity contribution is 5.86. The van der Waals surface area contributed by atoms with Crippen LogP contribution in [0.5, 0.6) is 5.75 Å². The van der Waals surface area contributed by atoms with Crippen LogP contribution in [0.4, 0.5) is 0 Å². The Morgan fingerprint density at radius 1 is 1.15 bits per heavy atom. The van der Waals surface area contributed by atoms with Crippen molar-refractivity contribution in [3.05, 3.63) is 29.8 Å². The van der Waals surface area contributed by atoms with Crippen LogP contribution in [0.25, 0.3) is 0 Å². The highest BCUT2D eigenvalue weighted by Gasteiger charge is 2.39. The molecule has 1 heterocycles. The van der Waals surface area contributed by atoms with Gasteiger partial charge in [-0.2, -0.15) is 0 Å². The Morgan fingerprint density at radius 2 is 1.89 bits per heavy atom. The van der Waals surface area contributed by atoms with Gasteiger partial charge in [-0.3, -0.25) is 9.79 Å². The molecule has 1 aliphatic carbocycles. The second-order valence-corrected chi connectivity index (χ2v) is 7.76. The maximum atomic E-state index is 12.2. The molecule has 0 radical (unpaired) electrons. The minimum Gasteiger partial charge on any atom is -0.497 e. The minimum atomic E-state index is -0.0291. The van der Waals surface area contributed by atoms with Gasteiger partial charge in [0, 0.05) is 26.7 Å². The SMILES string of the molecule is CN=C(NCC(=O)NCc1ccc(OC)cc1)N1CCC2(CCCCC2)C1. The molecule has 2 N–H and O–H groups in total. The van der Waals surface area contributed by atoms with E-state index in [9.17, 15) is 4.79 Å². The molecule has 148 valence electrons. The van der Waals surface area contributed by atoms with Gasteiger partial charge in [0.2, 0.25) is 5.91 Å². The number of hydrogen-bond acceptors (Lipinski definition) is 3. The number of nitrogens with zero attached hydrogens (tertiary/aromatic N) is 2. The molecule has 1 amide bonds. The highest BCUT2D eigenvalue weighted by atomic mass is 16.5. The molecule has 27 heavy (non-hydrogen) atoms. The van der Waals surface area contributed by atoms with Crippen molar-refractivity contribution >= 4 is 11.9 Å². The summed E-state index contributed by atoms with van der Waals surface area (Å²) in [5.41, 5.74) is 1.53. The molecular weight excluding hydrogens is 340 g/mol. The smallest absolute Gasteiger partial charge is 0.239 e. The van der Waals surface area contributed by atoms with Crippen molar-refractivity contribution in [2.24, 2.45) is 10.4 Å². The van der Waals surface area contributed by atoms with Crippen molar-refractivity contribution in [3.8, 4) is 5.75 Å². The molecule has 2 fully saturated rings. The number of ether oxygens (including phenoxy) is 1. The lowest BCUT2D eigenvalue weighted by atomic mass is 9.73. The van der Waals surface area contributed by atoms with E-state index in [0.717, 1.165) is 30.4 Å². The number of methoxy groups -OCH3 is 1. The third kappa shape index (κ3) is 5.15. The molecule has 1 aromatic carbocycles. The average Bonchev–Trinajstić information content (AvgIpc) is 3.10. The molecule has 1 spiro atoms. The normalized spacial score (nSPS) is 19.2. The lowest BCUT2D eigenvalue weighted by molar-refractivity contribution is -0.120. The van der Waals surface area contributed by atoms with Crippen molar-refractivity contribution < 1.29 is 9.53 Å². The summed E-state index contributed by atoms with van der Waals surface area (Å²) in [5.74, 6) is 1.63. The lowest BCUT2D eigenvalue weighted by Gasteiger charge is -2.33. The molecule has 3 rings (SSSR count). The first-order valence-electron chi connectivity index (χ1n) is 9.99. The number of benzene rings is 1. The van der Waals surface area contributed by atoms with Crippen LogP contribution in [0.1, 0.15) is 44.1 Å². The van der Waals surface area contributed by atoms with Gasteiger partial charge in [0.25, 0.3) is 0 Å². The van der Waals surface area contributed by atoms with E-state index in [1.165, 1.54) is 38.5 Å². The summed E-state index contributed by atoms with van der Waals surface area (Å²) in [6, 6.07) is 7.71. The van der Waals surface area contributed by atoms with Crippen molar-refractivity contribution in [1.29, 1.82) is 0 Å². The fourth-order valence-electron chi connectivity index (χ4n) is 4.32. The molecular formula is C21H32N4O2. The van der Waals surface area contributed by atoms with Crippen LogP contribution in [0.3, 0.4) is 0 Å². The Balaban J connectivity index is 1.43. The Labute approximate surface area is 162 Å². The van der Waals surface area contributed by atoms with Crippen LogP contribution in [0.2, 0.25) is 0 Å². The van der Waals surface area contributed by atoms with Crippen LogP contribution < -0.4 is 15.4 Å². The topological polar surface area (TPSA) is 66.0 Å². The second-order valence-electron chi connectivity index (χ2n) is 7.76. The van der Waals surface area contributed by atoms with E-state index in [4.69, 9.17) is 4.74 Å². The van der Waals surface area contributed by atoms with Gasteiger partial charge in [-0.15, -0.1) is 0 Å². The molecule has 6 heteroatoms. The zero-order valence-corrected chi connectivity index (χ0v) is 16.6. The predicted molar refractivity (Wildman–Crippen MR) is 108 cm³/mol. The Morgan fingerprint density at radius 3 is 2.56 bits per heavy atom. The summed E-state index contributed by atoms with van der Waals surface area (Å²) in [7, 11) is 3.44. The average molecular weight is 373 g/mol. The van der Waals surface area contributed by atoms with E-state index in [1.807, 2.05) is 24.3 Å². The minimum absolute atomic E-state index is 0.0291. The van der Waals surface area contributed by atoms with Crippen molar-refractivity contribution in [3.63, 3.8) is 0 Å². The van der Waals surface area contributed by atoms with Crippen molar-refractivity contribution in [2.75, 3.05) is 33.8 Å². The third-order valence-corrected chi connectivity index (χ3v) is 5.92. The number of amides is 1. The number of aliphatic imine (C=N–C) groups is 1. The zero-order valence-electron chi connectivity index (χ0n) is 16.6. The lowest BCUT2D eigenvalue weighted by Crippen LogP contribution is -2.45. The van der Waals surface area contributed by atoms with Crippen LogP contribution in [0, 0.1) is 5.41 Å². The number of nitrogens with one attached hydrogen (secondary N) is 2. The molecule has 1 saturated carbocycles. The quantitative estimate of drug-likeness (QED) is 0.616. The van der Waals surface area contributed by atoms with Gasteiger partial charge in [0.15, 0.2) is 5.96 Å². The van der Waals surface area contributed by atoms with Gasteiger partial charge in [-0.25, -0.2) is 0 Å². The van der Waals surface area contributed by atoms with Gasteiger partial charge in [0.1, 0.15) is 5.75 Å².